The smallest absolute Gasteiger partial charge is 0.0110 e. The van der Waals surface area contributed by atoms with Crippen molar-refractivity contribution in [2.45, 2.75) is 70.4 Å². The summed E-state index contributed by atoms with van der Waals surface area (Å²) < 4.78 is 0. The number of hydrogen-bond donors (Lipinski definition) is 1. The molecule has 2 nitrogen and oxygen atoms in total. The van der Waals surface area contributed by atoms with Crippen molar-refractivity contribution in [1.29, 1.82) is 0 Å². The first-order valence-corrected chi connectivity index (χ1v) is 7.37. The highest BCUT2D eigenvalue weighted by Crippen LogP contribution is 2.25. The molecule has 1 heterocycles. The molecule has 2 heteroatoms. The molecule has 0 amide bonds. The summed E-state index contributed by atoms with van der Waals surface area (Å²) >= 11 is 0. The van der Waals surface area contributed by atoms with E-state index in [1.165, 1.54) is 71.0 Å². The van der Waals surface area contributed by atoms with Crippen LogP contribution < -0.4 is 5.32 Å². The Kier molecular flexibility index (Phi) is 5.11. The molecule has 16 heavy (non-hydrogen) atoms. The van der Waals surface area contributed by atoms with Crippen LogP contribution in [0.5, 0.6) is 0 Å². The number of nitrogens with one attached hydrogen (secondary N) is 1. The molecule has 1 saturated carbocycles. The maximum Gasteiger partial charge on any atom is 0.0110 e. The van der Waals surface area contributed by atoms with Crippen LogP contribution in [0.15, 0.2) is 0 Å². The minimum Gasteiger partial charge on any atom is -0.314 e. The highest BCUT2D eigenvalue weighted by atomic mass is 15.2. The van der Waals surface area contributed by atoms with Crippen molar-refractivity contribution in [3.63, 3.8) is 0 Å². The van der Waals surface area contributed by atoms with E-state index >= 15 is 0 Å². The predicted molar refractivity (Wildman–Crippen MR) is 69.8 cm³/mol. The lowest BCUT2D eigenvalue weighted by atomic mass is 9.89. The summed E-state index contributed by atoms with van der Waals surface area (Å²) in [6.07, 6.45) is 11.3. The van der Waals surface area contributed by atoms with E-state index in [9.17, 15) is 0 Å². The number of likely N-dealkylation sites (tertiary alicyclic amines) is 1. The van der Waals surface area contributed by atoms with E-state index in [-0.39, 0.29) is 0 Å². The lowest BCUT2D eigenvalue weighted by Crippen LogP contribution is -2.46. The zero-order chi connectivity index (χ0) is 11.2. The molecule has 1 aliphatic carbocycles. The lowest BCUT2D eigenvalue weighted by molar-refractivity contribution is 0.117. The van der Waals surface area contributed by atoms with Gasteiger partial charge in [-0.05, 0) is 58.2 Å². The number of hydrogen-bond acceptors (Lipinski definition) is 2. The molecule has 0 aromatic carbocycles. The predicted octanol–water partition coefficient (Wildman–Crippen LogP) is 2.78. The molecule has 0 bridgehead atoms. The second kappa shape index (κ2) is 6.61. The van der Waals surface area contributed by atoms with Crippen LogP contribution in [0.25, 0.3) is 0 Å². The first-order valence-electron chi connectivity index (χ1n) is 7.37. The average molecular weight is 224 g/mol. The molecule has 1 saturated heterocycles. The third kappa shape index (κ3) is 3.46. The zero-order valence-electron chi connectivity index (χ0n) is 10.9. The Labute approximate surface area is 101 Å². The molecule has 1 aliphatic heterocycles. The fourth-order valence-corrected chi connectivity index (χ4v) is 3.31. The molecule has 2 aliphatic rings. The summed E-state index contributed by atoms with van der Waals surface area (Å²) in [6.45, 7) is 6.20. The standard InChI is InChI=1S/C14H28N2/c1-2-9-15-13-7-6-8-14(12-13)16-10-4-3-5-11-16/h13-15H,2-12H2,1H3. The maximum atomic E-state index is 3.71. The molecule has 2 unspecified atom stereocenters. The molecule has 0 aromatic rings. The van der Waals surface area contributed by atoms with Gasteiger partial charge in [-0.3, -0.25) is 0 Å². The van der Waals surface area contributed by atoms with Crippen LogP contribution in [-0.2, 0) is 0 Å². The van der Waals surface area contributed by atoms with Gasteiger partial charge in [-0.2, -0.15) is 0 Å². The van der Waals surface area contributed by atoms with Crippen molar-refractivity contribution in [2.75, 3.05) is 19.6 Å². The van der Waals surface area contributed by atoms with Crippen LogP contribution in [0.4, 0.5) is 0 Å². The van der Waals surface area contributed by atoms with Crippen LogP contribution in [0.3, 0.4) is 0 Å². The Hall–Kier alpha value is -0.0800. The van der Waals surface area contributed by atoms with Crippen molar-refractivity contribution in [1.82, 2.24) is 10.2 Å². The largest absolute Gasteiger partial charge is 0.314 e. The van der Waals surface area contributed by atoms with Gasteiger partial charge in [0, 0.05) is 12.1 Å². The highest BCUT2D eigenvalue weighted by Gasteiger charge is 2.26. The Morgan fingerprint density at radius 1 is 1.06 bits per heavy atom. The van der Waals surface area contributed by atoms with E-state index in [1.54, 1.807) is 0 Å². The molecule has 1 N–H and O–H groups in total. The fraction of sp³-hybridized carbons (Fsp3) is 1.00. The summed E-state index contributed by atoms with van der Waals surface area (Å²) in [6, 6.07) is 1.70. The monoisotopic (exact) mass is 224 g/mol. The third-order valence-corrected chi connectivity index (χ3v) is 4.24. The van der Waals surface area contributed by atoms with Crippen molar-refractivity contribution in [2.24, 2.45) is 0 Å². The molecule has 0 radical (unpaired) electrons. The number of piperidine rings is 1. The van der Waals surface area contributed by atoms with Gasteiger partial charge >= 0.3 is 0 Å². The molecule has 2 rings (SSSR count). The zero-order valence-corrected chi connectivity index (χ0v) is 10.9. The van der Waals surface area contributed by atoms with Crippen molar-refractivity contribution in [3.8, 4) is 0 Å². The van der Waals surface area contributed by atoms with Crippen LogP contribution in [0.2, 0.25) is 0 Å². The number of nitrogens with zero attached hydrogens (tertiary/aromatic N) is 1. The summed E-state index contributed by atoms with van der Waals surface area (Å²) in [5, 5.41) is 3.71. The van der Waals surface area contributed by atoms with Crippen LogP contribution in [-0.4, -0.2) is 36.6 Å². The second-order valence-corrected chi connectivity index (χ2v) is 5.57. The third-order valence-electron chi connectivity index (χ3n) is 4.24. The minimum absolute atomic E-state index is 0.806. The summed E-state index contributed by atoms with van der Waals surface area (Å²) in [5.74, 6) is 0. The Balaban J connectivity index is 1.76. The van der Waals surface area contributed by atoms with E-state index in [2.05, 4.69) is 17.1 Å². The summed E-state index contributed by atoms with van der Waals surface area (Å²) in [5.41, 5.74) is 0. The first-order chi connectivity index (χ1) is 7.90. The molecule has 94 valence electrons. The van der Waals surface area contributed by atoms with E-state index in [0.29, 0.717) is 0 Å². The minimum atomic E-state index is 0.806. The maximum absolute atomic E-state index is 3.71. The van der Waals surface area contributed by atoms with E-state index in [4.69, 9.17) is 0 Å². The number of rotatable bonds is 4. The van der Waals surface area contributed by atoms with Crippen LogP contribution in [0, 0.1) is 0 Å². The molecule has 0 aromatic heterocycles. The molecular weight excluding hydrogens is 196 g/mol. The Morgan fingerprint density at radius 3 is 2.62 bits per heavy atom. The topological polar surface area (TPSA) is 15.3 Å². The molecule has 2 fully saturated rings. The van der Waals surface area contributed by atoms with Gasteiger partial charge in [0.05, 0.1) is 0 Å². The Morgan fingerprint density at radius 2 is 1.88 bits per heavy atom. The first kappa shape index (κ1) is 12.4. The van der Waals surface area contributed by atoms with Crippen LogP contribution >= 0.6 is 0 Å². The van der Waals surface area contributed by atoms with E-state index < -0.39 is 0 Å². The molecule has 0 spiro atoms. The SMILES string of the molecule is CCCNC1CCCC(N2CCCCC2)C1. The van der Waals surface area contributed by atoms with Gasteiger partial charge in [-0.1, -0.05) is 19.8 Å². The van der Waals surface area contributed by atoms with Gasteiger partial charge in [-0.25, -0.2) is 0 Å². The van der Waals surface area contributed by atoms with Gasteiger partial charge < -0.3 is 10.2 Å². The summed E-state index contributed by atoms with van der Waals surface area (Å²) in [7, 11) is 0. The van der Waals surface area contributed by atoms with Gasteiger partial charge in [0.15, 0.2) is 0 Å². The van der Waals surface area contributed by atoms with Gasteiger partial charge in [0.25, 0.3) is 0 Å². The van der Waals surface area contributed by atoms with Crippen molar-refractivity contribution in [3.05, 3.63) is 0 Å². The normalized spacial score (nSPS) is 32.8. The second-order valence-electron chi connectivity index (χ2n) is 5.57. The average Bonchev–Trinajstić information content (AvgIpc) is 2.38. The van der Waals surface area contributed by atoms with Crippen molar-refractivity contribution >= 4 is 0 Å². The van der Waals surface area contributed by atoms with Crippen molar-refractivity contribution < 1.29 is 0 Å². The lowest BCUT2D eigenvalue weighted by Gasteiger charge is -2.39. The Bertz CT molecular complexity index is 187. The van der Waals surface area contributed by atoms with Gasteiger partial charge in [-0.15, -0.1) is 0 Å². The molecule has 2 atom stereocenters. The van der Waals surface area contributed by atoms with Gasteiger partial charge in [0.1, 0.15) is 0 Å². The fourth-order valence-electron chi connectivity index (χ4n) is 3.31. The van der Waals surface area contributed by atoms with E-state index in [1.807, 2.05) is 0 Å². The molecular formula is C14H28N2. The quantitative estimate of drug-likeness (QED) is 0.790. The highest BCUT2D eigenvalue weighted by molar-refractivity contribution is 4.85. The van der Waals surface area contributed by atoms with Crippen LogP contribution in [0.1, 0.15) is 58.3 Å². The van der Waals surface area contributed by atoms with E-state index in [0.717, 1.165) is 12.1 Å². The summed E-state index contributed by atoms with van der Waals surface area (Å²) in [4.78, 5) is 2.77. The van der Waals surface area contributed by atoms with Gasteiger partial charge in [0.2, 0.25) is 0 Å².